The Labute approximate surface area is 144 Å². The van der Waals surface area contributed by atoms with E-state index in [1.54, 1.807) is 24.3 Å². The second-order valence-corrected chi connectivity index (χ2v) is 5.71. The van der Waals surface area contributed by atoms with Crippen LogP contribution in [0.5, 0.6) is 0 Å². The molecule has 0 saturated heterocycles. The summed E-state index contributed by atoms with van der Waals surface area (Å²) in [5.41, 5.74) is 1.50. The zero-order valence-corrected chi connectivity index (χ0v) is 13.8. The Hall–Kier alpha value is -2.40. The number of esters is 1. The number of carbonyl (C=O) groups excluding carboxylic acids is 2. The van der Waals surface area contributed by atoms with E-state index in [1.165, 1.54) is 31.4 Å². The van der Waals surface area contributed by atoms with Crippen molar-refractivity contribution in [1.29, 1.82) is 0 Å². The summed E-state index contributed by atoms with van der Waals surface area (Å²) in [6.45, 7) is 0. The SMILES string of the molecule is COC(=O)[C@@H](Cc1ccc(Cl)cc1)NC(=O)Cc1ccc(F)cc1. The van der Waals surface area contributed by atoms with Crippen LogP contribution in [0.15, 0.2) is 48.5 Å². The van der Waals surface area contributed by atoms with Crippen LogP contribution in [0.4, 0.5) is 4.39 Å². The smallest absolute Gasteiger partial charge is 0.328 e. The molecule has 126 valence electrons. The molecule has 0 fully saturated rings. The molecule has 0 aromatic heterocycles. The van der Waals surface area contributed by atoms with E-state index in [1.807, 2.05) is 0 Å². The lowest BCUT2D eigenvalue weighted by Gasteiger charge is -2.17. The minimum atomic E-state index is -0.802. The van der Waals surface area contributed by atoms with Gasteiger partial charge in [-0.2, -0.15) is 0 Å². The lowest BCUT2D eigenvalue weighted by molar-refractivity contribution is -0.145. The van der Waals surface area contributed by atoms with Crippen molar-refractivity contribution in [3.8, 4) is 0 Å². The van der Waals surface area contributed by atoms with E-state index in [0.29, 0.717) is 17.0 Å². The third kappa shape index (κ3) is 5.35. The van der Waals surface area contributed by atoms with E-state index in [9.17, 15) is 14.0 Å². The maximum absolute atomic E-state index is 12.9. The molecular formula is C18H17ClFNO3. The molecule has 0 aliphatic heterocycles. The Morgan fingerprint density at radius 3 is 2.25 bits per heavy atom. The lowest BCUT2D eigenvalue weighted by Crippen LogP contribution is -2.43. The zero-order valence-electron chi connectivity index (χ0n) is 13.1. The molecule has 2 rings (SSSR count). The van der Waals surface area contributed by atoms with E-state index < -0.39 is 12.0 Å². The highest BCUT2D eigenvalue weighted by molar-refractivity contribution is 6.30. The summed E-state index contributed by atoms with van der Waals surface area (Å²) in [6.07, 6.45) is 0.341. The number of hydrogen-bond donors (Lipinski definition) is 1. The van der Waals surface area contributed by atoms with Gasteiger partial charge in [0.1, 0.15) is 11.9 Å². The van der Waals surface area contributed by atoms with Crippen LogP contribution in [0.2, 0.25) is 5.02 Å². The quantitative estimate of drug-likeness (QED) is 0.816. The van der Waals surface area contributed by atoms with Gasteiger partial charge in [-0.1, -0.05) is 35.9 Å². The molecule has 0 saturated carbocycles. The first-order valence-electron chi connectivity index (χ1n) is 7.34. The molecule has 24 heavy (non-hydrogen) atoms. The molecule has 0 aliphatic rings. The van der Waals surface area contributed by atoms with Gasteiger partial charge in [-0.05, 0) is 35.4 Å². The van der Waals surface area contributed by atoms with Gasteiger partial charge in [0.25, 0.3) is 0 Å². The number of benzene rings is 2. The number of halogens is 2. The van der Waals surface area contributed by atoms with E-state index in [2.05, 4.69) is 5.32 Å². The van der Waals surface area contributed by atoms with Gasteiger partial charge in [0.05, 0.1) is 13.5 Å². The van der Waals surface area contributed by atoms with Crippen LogP contribution in [0.1, 0.15) is 11.1 Å². The largest absolute Gasteiger partial charge is 0.467 e. The number of carbonyl (C=O) groups is 2. The normalized spacial score (nSPS) is 11.6. The predicted molar refractivity (Wildman–Crippen MR) is 89.2 cm³/mol. The van der Waals surface area contributed by atoms with Crippen molar-refractivity contribution in [1.82, 2.24) is 5.32 Å². The van der Waals surface area contributed by atoms with Crippen molar-refractivity contribution in [2.45, 2.75) is 18.9 Å². The number of rotatable bonds is 6. The molecular weight excluding hydrogens is 333 g/mol. The number of methoxy groups -OCH3 is 1. The maximum Gasteiger partial charge on any atom is 0.328 e. The first-order valence-corrected chi connectivity index (χ1v) is 7.72. The van der Waals surface area contributed by atoms with Gasteiger partial charge in [0.2, 0.25) is 5.91 Å². The van der Waals surface area contributed by atoms with Crippen molar-refractivity contribution in [3.05, 3.63) is 70.5 Å². The first-order chi connectivity index (χ1) is 11.5. The highest BCUT2D eigenvalue weighted by Gasteiger charge is 2.22. The van der Waals surface area contributed by atoms with E-state index in [0.717, 1.165) is 5.56 Å². The number of nitrogens with one attached hydrogen (secondary N) is 1. The fraction of sp³-hybridized carbons (Fsp3) is 0.222. The number of ether oxygens (including phenoxy) is 1. The Balaban J connectivity index is 2.02. The minimum absolute atomic E-state index is 0.0500. The predicted octanol–water partition coefficient (Wildman–Crippen LogP) is 2.92. The summed E-state index contributed by atoms with van der Waals surface area (Å²) in [5, 5.41) is 3.25. The fourth-order valence-electron chi connectivity index (χ4n) is 2.22. The maximum atomic E-state index is 12.9. The fourth-order valence-corrected chi connectivity index (χ4v) is 2.35. The third-order valence-electron chi connectivity index (χ3n) is 3.45. The number of amides is 1. The Kier molecular flexibility index (Phi) is 6.32. The Morgan fingerprint density at radius 2 is 1.67 bits per heavy atom. The van der Waals surface area contributed by atoms with Crippen molar-refractivity contribution in [2.75, 3.05) is 7.11 Å². The molecule has 0 radical (unpaired) electrons. The van der Waals surface area contributed by atoms with Gasteiger partial charge < -0.3 is 10.1 Å². The summed E-state index contributed by atoms with van der Waals surface area (Å²) in [5.74, 6) is -1.24. The monoisotopic (exact) mass is 349 g/mol. The van der Waals surface area contributed by atoms with Crippen molar-refractivity contribution >= 4 is 23.5 Å². The van der Waals surface area contributed by atoms with Crippen LogP contribution in [0, 0.1) is 5.82 Å². The molecule has 2 aromatic rings. The highest BCUT2D eigenvalue weighted by atomic mass is 35.5. The van der Waals surface area contributed by atoms with Gasteiger partial charge in [0, 0.05) is 11.4 Å². The van der Waals surface area contributed by atoms with E-state index in [4.69, 9.17) is 16.3 Å². The molecule has 0 bridgehead atoms. The van der Waals surface area contributed by atoms with Gasteiger partial charge in [-0.3, -0.25) is 4.79 Å². The number of hydrogen-bond acceptors (Lipinski definition) is 3. The van der Waals surface area contributed by atoms with Crippen LogP contribution in [0.3, 0.4) is 0 Å². The van der Waals surface area contributed by atoms with Crippen LogP contribution in [0.25, 0.3) is 0 Å². The summed E-state index contributed by atoms with van der Waals surface area (Å²) >= 11 is 5.84. The zero-order chi connectivity index (χ0) is 17.5. The van der Waals surface area contributed by atoms with Crippen molar-refractivity contribution < 1.29 is 18.7 Å². The van der Waals surface area contributed by atoms with Crippen molar-refractivity contribution in [3.63, 3.8) is 0 Å². The van der Waals surface area contributed by atoms with Gasteiger partial charge in [-0.15, -0.1) is 0 Å². The molecule has 0 aliphatic carbocycles. The average Bonchev–Trinajstić information content (AvgIpc) is 2.57. The molecule has 0 spiro atoms. The van der Waals surface area contributed by atoms with E-state index in [-0.39, 0.29) is 18.1 Å². The molecule has 1 N–H and O–H groups in total. The second-order valence-electron chi connectivity index (χ2n) is 5.28. The summed E-state index contributed by atoms with van der Waals surface area (Å²) in [6, 6.07) is 11.8. The Morgan fingerprint density at radius 1 is 1.08 bits per heavy atom. The van der Waals surface area contributed by atoms with Gasteiger partial charge >= 0.3 is 5.97 Å². The van der Waals surface area contributed by atoms with Crippen molar-refractivity contribution in [2.24, 2.45) is 0 Å². The second kappa shape index (κ2) is 8.45. The van der Waals surface area contributed by atoms with Crippen LogP contribution in [-0.4, -0.2) is 25.0 Å². The molecule has 1 amide bonds. The van der Waals surface area contributed by atoms with Crippen LogP contribution >= 0.6 is 11.6 Å². The average molecular weight is 350 g/mol. The lowest BCUT2D eigenvalue weighted by atomic mass is 10.1. The molecule has 2 aromatic carbocycles. The highest BCUT2D eigenvalue weighted by Crippen LogP contribution is 2.12. The Bertz CT molecular complexity index is 701. The summed E-state index contributed by atoms with van der Waals surface area (Å²) in [4.78, 5) is 24.0. The molecule has 0 unspecified atom stereocenters. The summed E-state index contributed by atoms with van der Waals surface area (Å²) in [7, 11) is 1.27. The molecule has 4 nitrogen and oxygen atoms in total. The first kappa shape index (κ1) is 17.9. The van der Waals surface area contributed by atoms with Gasteiger partial charge in [-0.25, -0.2) is 9.18 Å². The molecule has 0 heterocycles. The van der Waals surface area contributed by atoms with Gasteiger partial charge in [0.15, 0.2) is 0 Å². The summed E-state index contributed by atoms with van der Waals surface area (Å²) < 4.78 is 17.6. The molecule has 6 heteroatoms. The van der Waals surface area contributed by atoms with Crippen LogP contribution in [-0.2, 0) is 27.2 Å². The third-order valence-corrected chi connectivity index (χ3v) is 3.70. The standard InChI is InChI=1S/C18H17ClFNO3/c1-24-18(23)16(10-12-2-6-14(19)7-3-12)21-17(22)11-13-4-8-15(20)9-5-13/h2-9,16H,10-11H2,1H3,(H,21,22)/t16-/m1/s1. The topological polar surface area (TPSA) is 55.4 Å². The molecule has 1 atom stereocenters. The van der Waals surface area contributed by atoms with Crippen LogP contribution < -0.4 is 5.32 Å². The minimum Gasteiger partial charge on any atom is -0.467 e. The van der Waals surface area contributed by atoms with E-state index >= 15 is 0 Å².